The van der Waals surface area contributed by atoms with Crippen LogP contribution in [0.3, 0.4) is 0 Å². The lowest BCUT2D eigenvalue weighted by atomic mass is 9.83. The molecule has 0 atom stereocenters. The van der Waals surface area contributed by atoms with Gasteiger partial charge in [0.05, 0.1) is 6.61 Å². The molecule has 0 aromatic rings. The fourth-order valence-electron chi connectivity index (χ4n) is 4.88. The second kappa shape index (κ2) is 22.6. The third kappa shape index (κ3) is 18.7. The van der Waals surface area contributed by atoms with E-state index in [9.17, 15) is 4.79 Å². The number of carbonyl (C=O) groups is 1. The van der Waals surface area contributed by atoms with Crippen LogP contribution >= 0.6 is 0 Å². The van der Waals surface area contributed by atoms with Crippen molar-refractivity contribution in [2.45, 2.75) is 162 Å². The molecule has 186 valence electrons. The van der Waals surface area contributed by atoms with E-state index in [1.165, 1.54) is 103 Å². The zero-order valence-electron chi connectivity index (χ0n) is 21.9. The summed E-state index contributed by atoms with van der Waals surface area (Å²) in [5.41, 5.74) is 0.337. The summed E-state index contributed by atoms with van der Waals surface area (Å²) in [4.78, 5) is 11.5. The molecule has 31 heavy (non-hydrogen) atoms. The minimum atomic E-state index is -0.0433. The van der Waals surface area contributed by atoms with Crippen molar-refractivity contribution in [2.75, 3.05) is 13.2 Å². The van der Waals surface area contributed by atoms with Gasteiger partial charge in [-0.3, -0.25) is 4.79 Å². The van der Waals surface area contributed by atoms with Gasteiger partial charge in [0.25, 0.3) is 0 Å². The van der Waals surface area contributed by atoms with Gasteiger partial charge in [-0.25, -0.2) is 0 Å². The average Bonchev–Trinajstić information content (AvgIpc) is 2.75. The van der Waals surface area contributed by atoms with E-state index in [2.05, 4.69) is 26.1 Å². The quantitative estimate of drug-likeness (QED) is 0.121. The summed E-state index contributed by atoms with van der Waals surface area (Å²) in [6.45, 7) is 10.4. The van der Waals surface area contributed by atoms with Gasteiger partial charge in [0.15, 0.2) is 0 Å². The molecule has 0 aromatic heterocycles. The highest BCUT2D eigenvalue weighted by Crippen LogP contribution is 2.27. The molecule has 0 radical (unpaired) electrons. The van der Waals surface area contributed by atoms with Crippen LogP contribution in [0.1, 0.15) is 156 Å². The van der Waals surface area contributed by atoms with Crippen LogP contribution in [-0.4, -0.2) is 24.7 Å². The lowest BCUT2D eigenvalue weighted by molar-refractivity contribution is -0.143. The predicted molar refractivity (Wildman–Crippen MR) is 137 cm³/mol. The van der Waals surface area contributed by atoms with Crippen molar-refractivity contribution >= 4 is 5.97 Å². The largest absolute Gasteiger partial charge is 0.466 e. The molecule has 0 aliphatic heterocycles. The summed E-state index contributed by atoms with van der Waals surface area (Å²) in [5.74, 6) is -0.0433. The SMILES string of the molecule is CCCCCCCCCCCCCC(CCC)(CCC)NCCCCCC(=O)OCC. The Balaban J connectivity index is 3.99. The Morgan fingerprint density at radius 3 is 1.65 bits per heavy atom. The lowest BCUT2D eigenvalue weighted by Crippen LogP contribution is -2.45. The predicted octanol–water partition coefficient (Wildman–Crippen LogP) is 8.74. The first kappa shape index (κ1) is 30.4. The molecule has 3 nitrogen and oxygen atoms in total. The van der Waals surface area contributed by atoms with Crippen molar-refractivity contribution in [2.24, 2.45) is 0 Å². The van der Waals surface area contributed by atoms with E-state index in [1.807, 2.05) is 6.92 Å². The standard InChI is InChI=1S/C28H57NO2/c1-5-9-10-11-12-13-14-15-16-17-20-25-28(23-6-2,24-7-3)29-26-21-18-19-22-27(30)31-8-4/h29H,5-26H2,1-4H3. The van der Waals surface area contributed by atoms with Crippen LogP contribution in [0.25, 0.3) is 0 Å². The first-order chi connectivity index (χ1) is 15.1. The molecule has 0 aromatic carbocycles. The number of ether oxygens (including phenoxy) is 1. The smallest absolute Gasteiger partial charge is 0.305 e. The van der Waals surface area contributed by atoms with Crippen molar-refractivity contribution in [1.29, 1.82) is 0 Å². The van der Waals surface area contributed by atoms with Gasteiger partial charge in [0.2, 0.25) is 0 Å². The summed E-state index contributed by atoms with van der Waals surface area (Å²) in [7, 11) is 0. The molecule has 0 saturated carbocycles. The summed E-state index contributed by atoms with van der Waals surface area (Å²) in [5, 5.41) is 3.97. The molecule has 0 rings (SSSR count). The van der Waals surface area contributed by atoms with Crippen molar-refractivity contribution < 1.29 is 9.53 Å². The van der Waals surface area contributed by atoms with Crippen LogP contribution in [-0.2, 0) is 9.53 Å². The van der Waals surface area contributed by atoms with Gasteiger partial charge in [0, 0.05) is 12.0 Å². The van der Waals surface area contributed by atoms with Crippen LogP contribution in [0, 0.1) is 0 Å². The van der Waals surface area contributed by atoms with E-state index in [-0.39, 0.29) is 5.97 Å². The van der Waals surface area contributed by atoms with Crippen molar-refractivity contribution in [3.63, 3.8) is 0 Å². The summed E-state index contributed by atoms with van der Waals surface area (Å²) in [6.07, 6.45) is 25.8. The van der Waals surface area contributed by atoms with E-state index < -0.39 is 0 Å². The van der Waals surface area contributed by atoms with E-state index in [4.69, 9.17) is 4.74 Å². The summed E-state index contributed by atoms with van der Waals surface area (Å²) >= 11 is 0. The number of hydrogen-bond donors (Lipinski definition) is 1. The molecule has 0 unspecified atom stereocenters. The molecular weight excluding hydrogens is 382 g/mol. The molecule has 0 spiro atoms. The Hall–Kier alpha value is -0.570. The molecule has 0 aliphatic rings. The van der Waals surface area contributed by atoms with Gasteiger partial charge in [-0.1, -0.05) is 111 Å². The molecule has 1 N–H and O–H groups in total. The first-order valence-corrected chi connectivity index (χ1v) is 14.0. The third-order valence-electron chi connectivity index (χ3n) is 6.58. The van der Waals surface area contributed by atoms with Gasteiger partial charge in [0.1, 0.15) is 0 Å². The molecule has 0 saturated heterocycles. The van der Waals surface area contributed by atoms with Crippen LogP contribution < -0.4 is 5.32 Å². The van der Waals surface area contributed by atoms with Gasteiger partial charge >= 0.3 is 5.97 Å². The normalized spacial score (nSPS) is 11.7. The van der Waals surface area contributed by atoms with Crippen LogP contribution in [0.2, 0.25) is 0 Å². The highest BCUT2D eigenvalue weighted by Gasteiger charge is 2.26. The number of hydrogen-bond acceptors (Lipinski definition) is 3. The van der Waals surface area contributed by atoms with Gasteiger partial charge in [-0.05, 0) is 45.6 Å². The highest BCUT2D eigenvalue weighted by molar-refractivity contribution is 5.69. The van der Waals surface area contributed by atoms with E-state index in [0.717, 1.165) is 25.8 Å². The lowest BCUT2D eigenvalue weighted by Gasteiger charge is -2.35. The molecule has 0 fully saturated rings. The zero-order chi connectivity index (χ0) is 23.0. The van der Waals surface area contributed by atoms with Crippen molar-refractivity contribution in [3.05, 3.63) is 0 Å². The average molecular weight is 440 g/mol. The summed E-state index contributed by atoms with van der Waals surface area (Å²) < 4.78 is 5.02. The minimum Gasteiger partial charge on any atom is -0.466 e. The number of nitrogens with one attached hydrogen (secondary N) is 1. The van der Waals surface area contributed by atoms with Crippen molar-refractivity contribution in [3.8, 4) is 0 Å². The van der Waals surface area contributed by atoms with Crippen LogP contribution in [0.4, 0.5) is 0 Å². The van der Waals surface area contributed by atoms with Gasteiger partial charge in [-0.15, -0.1) is 0 Å². The molecule has 0 aliphatic carbocycles. The first-order valence-electron chi connectivity index (χ1n) is 14.0. The molecule has 0 bridgehead atoms. The van der Waals surface area contributed by atoms with Crippen molar-refractivity contribution in [1.82, 2.24) is 5.32 Å². The second-order valence-electron chi connectivity index (χ2n) is 9.61. The molecule has 0 amide bonds. The molecule has 0 heterocycles. The molecule has 3 heteroatoms. The maximum atomic E-state index is 11.5. The minimum absolute atomic E-state index is 0.0433. The van der Waals surface area contributed by atoms with Gasteiger partial charge in [-0.2, -0.15) is 0 Å². The Kier molecular flexibility index (Phi) is 22.2. The highest BCUT2D eigenvalue weighted by atomic mass is 16.5. The van der Waals surface area contributed by atoms with Crippen LogP contribution in [0.5, 0.6) is 0 Å². The Labute approximate surface area is 195 Å². The number of rotatable bonds is 24. The maximum Gasteiger partial charge on any atom is 0.305 e. The van der Waals surface area contributed by atoms with Crippen LogP contribution in [0.15, 0.2) is 0 Å². The number of esters is 1. The molecular formula is C28H57NO2. The second-order valence-corrected chi connectivity index (χ2v) is 9.61. The fourth-order valence-corrected chi connectivity index (χ4v) is 4.88. The number of carbonyl (C=O) groups excluding carboxylic acids is 1. The van der Waals surface area contributed by atoms with E-state index >= 15 is 0 Å². The fraction of sp³-hybridized carbons (Fsp3) is 0.964. The maximum absolute atomic E-state index is 11.5. The third-order valence-corrected chi connectivity index (χ3v) is 6.58. The summed E-state index contributed by atoms with van der Waals surface area (Å²) in [6, 6.07) is 0. The van der Waals surface area contributed by atoms with Gasteiger partial charge < -0.3 is 10.1 Å². The topological polar surface area (TPSA) is 38.3 Å². The Morgan fingerprint density at radius 2 is 1.13 bits per heavy atom. The Bertz CT molecular complexity index is 377. The monoisotopic (exact) mass is 439 g/mol. The Morgan fingerprint density at radius 1 is 0.613 bits per heavy atom. The zero-order valence-corrected chi connectivity index (χ0v) is 21.9. The van der Waals surface area contributed by atoms with E-state index in [0.29, 0.717) is 18.6 Å². The number of unbranched alkanes of at least 4 members (excludes halogenated alkanes) is 12. The van der Waals surface area contributed by atoms with E-state index in [1.54, 1.807) is 0 Å².